The van der Waals surface area contributed by atoms with Gasteiger partial charge in [0.1, 0.15) is 0 Å². The smallest absolute Gasteiger partial charge is 0.0644 e. The Morgan fingerprint density at radius 3 is 2.43 bits per heavy atom. The van der Waals surface area contributed by atoms with Crippen LogP contribution in [0.2, 0.25) is 0 Å². The van der Waals surface area contributed by atoms with Crippen molar-refractivity contribution in [2.24, 2.45) is 0 Å². The molecule has 0 atom stereocenters. The van der Waals surface area contributed by atoms with Crippen LogP contribution in [0, 0.1) is 0 Å². The predicted molar refractivity (Wildman–Crippen MR) is 59.2 cm³/mol. The fraction of sp³-hybridized carbons (Fsp3) is 0.385. The van der Waals surface area contributed by atoms with Crippen molar-refractivity contribution in [2.45, 2.75) is 26.7 Å². The Kier molecular flexibility index (Phi) is 2.42. The number of hydrogen-bond donors (Lipinski definition) is 1. The molecule has 0 aromatic heterocycles. The second kappa shape index (κ2) is 3.58. The van der Waals surface area contributed by atoms with Gasteiger partial charge in [0.2, 0.25) is 0 Å². The molecule has 0 unspecified atom stereocenters. The lowest BCUT2D eigenvalue weighted by atomic mass is 9.86. The van der Waals surface area contributed by atoms with Crippen LogP contribution in [-0.2, 0) is 12.8 Å². The third-order valence-corrected chi connectivity index (χ3v) is 3.18. The highest BCUT2D eigenvalue weighted by Gasteiger charge is 2.13. The third kappa shape index (κ3) is 1.48. The van der Waals surface area contributed by atoms with Gasteiger partial charge in [-0.25, -0.2) is 0 Å². The van der Waals surface area contributed by atoms with Gasteiger partial charge < -0.3 is 5.11 Å². The van der Waals surface area contributed by atoms with E-state index in [0.717, 1.165) is 5.57 Å². The molecule has 0 saturated heterocycles. The predicted octanol–water partition coefficient (Wildman–Crippen LogP) is 2.57. The Bertz CT molecular complexity index is 388. The number of aryl methyl sites for hydroxylation is 2. The summed E-state index contributed by atoms with van der Waals surface area (Å²) in [7, 11) is 0. The lowest BCUT2D eigenvalue weighted by molar-refractivity contribution is 0.332. The van der Waals surface area contributed by atoms with Gasteiger partial charge in [-0.2, -0.15) is 0 Å². The van der Waals surface area contributed by atoms with Crippen molar-refractivity contribution in [3.63, 3.8) is 0 Å². The van der Waals surface area contributed by atoms with E-state index in [1.807, 2.05) is 6.92 Å². The summed E-state index contributed by atoms with van der Waals surface area (Å²) in [5.74, 6) is 0. The van der Waals surface area contributed by atoms with Crippen LogP contribution in [0.5, 0.6) is 0 Å². The van der Waals surface area contributed by atoms with Crippen molar-refractivity contribution in [1.82, 2.24) is 0 Å². The lowest BCUT2D eigenvalue weighted by Crippen LogP contribution is -2.08. The molecule has 0 heterocycles. The molecular weight excluding hydrogens is 172 g/mol. The Morgan fingerprint density at radius 1 is 1.21 bits per heavy atom. The molecule has 0 bridgehead atoms. The van der Waals surface area contributed by atoms with Crippen LogP contribution in [0.1, 0.15) is 30.5 Å². The van der Waals surface area contributed by atoms with E-state index in [4.69, 9.17) is 5.11 Å². The minimum absolute atomic E-state index is 0.156. The Morgan fingerprint density at radius 2 is 1.93 bits per heavy atom. The molecule has 0 amide bonds. The molecule has 1 heteroatoms. The van der Waals surface area contributed by atoms with Crippen molar-refractivity contribution >= 4 is 5.57 Å². The number of fused-ring (bicyclic) bond motifs is 1. The molecule has 1 aliphatic rings. The van der Waals surface area contributed by atoms with E-state index < -0.39 is 0 Å². The van der Waals surface area contributed by atoms with Crippen molar-refractivity contribution in [2.75, 3.05) is 6.61 Å². The summed E-state index contributed by atoms with van der Waals surface area (Å²) in [6.07, 6.45) is 2.45. The maximum Gasteiger partial charge on any atom is 0.0644 e. The van der Waals surface area contributed by atoms with Gasteiger partial charge in [-0.15, -0.1) is 0 Å². The molecule has 1 aromatic carbocycles. The molecule has 1 N–H and O–H groups in total. The van der Waals surface area contributed by atoms with Crippen molar-refractivity contribution in [3.8, 4) is 0 Å². The van der Waals surface area contributed by atoms with Crippen LogP contribution < -0.4 is 0 Å². The highest BCUT2D eigenvalue weighted by molar-refractivity contribution is 5.68. The SMILES string of the molecule is C/C(CO)=C(/C)c1ccc2c(c1)CC2. The monoisotopic (exact) mass is 188 g/mol. The van der Waals surface area contributed by atoms with E-state index in [0.29, 0.717) is 0 Å². The minimum Gasteiger partial charge on any atom is -0.392 e. The second-order valence-electron chi connectivity index (χ2n) is 4.05. The van der Waals surface area contributed by atoms with E-state index in [2.05, 4.69) is 25.1 Å². The first-order valence-corrected chi connectivity index (χ1v) is 5.11. The van der Waals surface area contributed by atoms with E-state index in [1.165, 1.54) is 35.1 Å². The highest BCUT2D eigenvalue weighted by Crippen LogP contribution is 2.27. The van der Waals surface area contributed by atoms with Gasteiger partial charge in [-0.3, -0.25) is 0 Å². The highest BCUT2D eigenvalue weighted by atomic mass is 16.3. The van der Waals surface area contributed by atoms with E-state index >= 15 is 0 Å². The van der Waals surface area contributed by atoms with Crippen molar-refractivity contribution in [3.05, 3.63) is 40.5 Å². The van der Waals surface area contributed by atoms with Crippen LogP contribution in [-0.4, -0.2) is 11.7 Å². The average Bonchev–Trinajstić information content (AvgIpc) is 2.18. The van der Waals surface area contributed by atoms with Crippen LogP contribution in [0.4, 0.5) is 0 Å². The number of hydrogen-bond acceptors (Lipinski definition) is 1. The average molecular weight is 188 g/mol. The molecule has 2 rings (SSSR count). The molecule has 0 radical (unpaired) electrons. The zero-order valence-corrected chi connectivity index (χ0v) is 8.80. The molecule has 0 fully saturated rings. The largest absolute Gasteiger partial charge is 0.392 e. The Labute approximate surface area is 85.1 Å². The maximum atomic E-state index is 9.05. The molecule has 1 aliphatic carbocycles. The molecular formula is C13H16O. The molecule has 0 spiro atoms. The van der Waals surface area contributed by atoms with Gasteiger partial charge in [0.05, 0.1) is 6.61 Å². The normalized spacial score (nSPS) is 15.6. The van der Waals surface area contributed by atoms with Gasteiger partial charge in [0.25, 0.3) is 0 Å². The summed E-state index contributed by atoms with van der Waals surface area (Å²) in [5.41, 5.74) is 6.50. The summed E-state index contributed by atoms with van der Waals surface area (Å²) in [6.45, 7) is 4.21. The van der Waals surface area contributed by atoms with Crippen LogP contribution in [0.25, 0.3) is 5.57 Å². The standard InChI is InChI=1S/C13H16O/c1-9(8-14)10(2)12-5-3-11-4-6-13(11)7-12/h3,5,7,14H,4,6,8H2,1-2H3/b10-9+. The zero-order valence-electron chi connectivity index (χ0n) is 8.80. The molecule has 0 saturated carbocycles. The summed E-state index contributed by atoms with van der Waals surface area (Å²) in [6, 6.07) is 6.63. The van der Waals surface area contributed by atoms with E-state index in [-0.39, 0.29) is 6.61 Å². The van der Waals surface area contributed by atoms with Gasteiger partial charge >= 0.3 is 0 Å². The second-order valence-corrected chi connectivity index (χ2v) is 4.05. The van der Waals surface area contributed by atoms with Gasteiger partial charge in [0, 0.05) is 0 Å². The summed E-state index contributed by atoms with van der Waals surface area (Å²) in [5, 5.41) is 9.05. The third-order valence-electron chi connectivity index (χ3n) is 3.18. The molecule has 0 aliphatic heterocycles. The Hall–Kier alpha value is -1.08. The van der Waals surface area contributed by atoms with Crippen LogP contribution >= 0.6 is 0 Å². The van der Waals surface area contributed by atoms with Crippen molar-refractivity contribution < 1.29 is 5.11 Å². The van der Waals surface area contributed by atoms with E-state index in [9.17, 15) is 0 Å². The zero-order chi connectivity index (χ0) is 10.1. The topological polar surface area (TPSA) is 20.2 Å². The van der Waals surface area contributed by atoms with Gasteiger partial charge in [-0.1, -0.05) is 18.2 Å². The molecule has 74 valence electrons. The molecule has 14 heavy (non-hydrogen) atoms. The first-order valence-electron chi connectivity index (χ1n) is 5.11. The first-order chi connectivity index (χ1) is 6.72. The number of allylic oxidation sites excluding steroid dienone is 1. The first kappa shape index (κ1) is 9.47. The number of benzene rings is 1. The number of aliphatic hydroxyl groups excluding tert-OH is 1. The lowest BCUT2D eigenvalue weighted by Gasteiger charge is -2.20. The summed E-state index contributed by atoms with van der Waals surface area (Å²) >= 11 is 0. The van der Waals surface area contributed by atoms with Gasteiger partial charge in [0.15, 0.2) is 0 Å². The van der Waals surface area contributed by atoms with Crippen LogP contribution in [0.3, 0.4) is 0 Å². The van der Waals surface area contributed by atoms with Crippen LogP contribution in [0.15, 0.2) is 23.8 Å². The Balaban J connectivity index is 2.37. The quantitative estimate of drug-likeness (QED) is 0.756. The fourth-order valence-electron chi connectivity index (χ4n) is 1.79. The molecule has 1 aromatic rings. The molecule has 1 nitrogen and oxygen atoms in total. The van der Waals surface area contributed by atoms with E-state index in [1.54, 1.807) is 0 Å². The minimum atomic E-state index is 0.156. The summed E-state index contributed by atoms with van der Waals surface area (Å²) in [4.78, 5) is 0. The maximum absolute atomic E-state index is 9.05. The number of aliphatic hydroxyl groups is 1. The number of rotatable bonds is 2. The van der Waals surface area contributed by atoms with Crippen molar-refractivity contribution in [1.29, 1.82) is 0 Å². The summed E-state index contributed by atoms with van der Waals surface area (Å²) < 4.78 is 0. The van der Waals surface area contributed by atoms with Gasteiger partial charge in [-0.05, 0) is 54.5 Å². The fourth-order valence-corrected chi connectivity index (χ4v) is 1.79.